The summed E-state index contributed by atoms with van der Waals surface area (Å²) >= 11 is 0.964. The molecule has 1 aliphatic carbocycles. The second kappa shape index (κ2) is 7.35. The molecule has 1 heterocycles. The number of amides is 1. The van der Waals surface area contributed by atoms with Crippen molar-refractivity contribution in [3.8, 4) is 0 Å². The van der Waals surface area contributed by atoms with Gasteiger partial charge in [0.2, 0.25) is 15.9 Å². The van der Waals surface area contributed by atoms with Crippen molar-refractivity contribution in [2.24, 2.45) is 5.92 Å². The number of hydrogen-bond acceptors (Lipinski definition) is 6. The highest BCUT2D eigenvalue weighted by Crippen LogP contribution is 2.22. The molecule has 0 saturated heterocycles. The number of carbonyl (C=O) groups is 1. The predicted octanol–water partition coefficient (Wildman–Crippen LogP) is 2.05. The van der Waals surface area contributed by atoms with Crippen LogP contribution in [0.3, 0.4) is 0 Å². The summed E-state index contributed by atoms with van der Waals surface area (Å²) < 4.78 is 36.4. The van der Waals surface area contributed by atoms with Crippen LogP contribution in [-0.2, 0) is 14.8 Å². The number of aromatic nitrogens is 2. The van der Waals surface area contributed by atoms with Crippen molar-refractivity contribution in [2.75, 3.05) is 0 Å². The van der Waals surface area contributed by atoms with Crippen molar-refractivity contribution in [2.45, 2.75) is 56.5 Å². The minimum absolute atomic E-state index is 0.0538. The quantitative estimate of drug-likeness (QED) is 0.796. The average molecular weight is 383 g/mol. The molecule has 0 unspecified atom stereocenters. The third-order valence-corrected chi connectivity index (χ3v) is 6.49. The zero-order valence-corrected chi connectivity index (χ0v) is 15.9. The molecule has 7 nitrogen and oxygen atoms in total. The summed E-state index contributed by atoms with van der Waals surface area (Å²) in [5.41, 5.74) is 0.864. The Morgan fingerprint density at radius 3 is 2.64 bits per heavy atom. The van der Waals surface area contributed by atoms with Gasteiger partial charge in [-0.25, -0.2) is 8.42 Å². The molecule has 1 saturated carbocycles. The van der Waals surface area contributed by atoms with Gasteiger partial charge in [0.25, 0.3) is 0 Å². The van der Waals surface area contributed by atoms with E-state index in [1.165, 1.54) is 6.07 Å². The zero-order chi connectivity index (χ0) is 18.0. The van der Waals surface area contributed by atoms with Crippen LogP contribution in [0, 0.1) is 5.92 Å². The van der Waals surface area contributed by atoms with E-state index in [2.05, 4.69) is 18.8 Å². The lowest BCUT2D eigenvalue weighted by Crippen LogP contribution is -2.51. The molecule has 1 amide bonds. The fourth-order valence-corrected chi connectivity index (χ4v) is 5.19. The van der Waals surface area contributed by atoms with Crippen LogP contribution in [0.4, 0.5) is 0 Å². The third-order valence-electron chi connectivity index (χ3n) is 4.47. The number of fused-ring (bicyclic) bond motifs is 1. The van der Waals surface area contributed by atoms with Crippen LogP contribution >= 0.6 is 11.7 Å². The number of hydrogen-bond donors (Lipinski definition) is 2. The van der Waals surface area contributed by atoms with E-state index in [0.717, 1.165) is 37.4 Å². The molecular formula is C16H22N4O3S2. The Hall–Kier alpha value is -1.58. The molecule has 0 spiro atoms. The highest BCUT2D eigenvalue weighted by molar-refractivity contribution is 7.89. The van der Waals surface area contributed by atoms with Crippen molar-refractivity contribution >= 4 is 38.7 Å². The Bertz CT molecular complexity index is 857. The molecule has 25 heavy (non-hydrogen) atoms. The lowest BCUT2D eigenvalue weighted by Gasteiger charge is -2.23. The molecule has 1 aromatic heterocycles. The predicted molar refractivity (Wildman–Crippen MR) is 96.8 cm³/mol. The summed E-state index contributed by atoms with van der Waals surface area (Å²) in [7, 11) is -3.89. The Balaban J connectivity index is 1.83. The summed E-state index contributed by atoms with van der Waals surface area (Å²) in [6.07, 6.45) is 4.10. The molecule has 1 atom stereocenters. The van der Waals surface area contributed by atoms with Crippen molar-refractivity contribution in [1.82, 2.24) is 18.8 Å². The lowest BCUT2D eigenvalue weighted by molar-refractivity contribution is -0.124. The molecule has 9 heteroatoms. The first-order valence-corrected chi connectivity index (χ1v) is 10.6. The van der Waals surface area contributed by atoms with Crippen LogP contribution in [-0.4, -0.2) is 35.2 Å². The molecule has 2 aromatic rings. The van der Waals surface area contributed by atoms with Crippen LogP contribution in [0.15, 0.2) is 23.1 Å². The van der Waals surface area contributed by atoms with E-state index in [1.807, 2.05) is 13.8 Å². The van der Waals surface area contributed by atoms with E-state index in [0.29, 0.717) is 11.0 Å². The molecule has 1 fully saturated rings. The van der Waals surface area contributed by atoms with Gasteiger partial charge in [0.05, 0.1) is 11.7 Å². The van der Waals surface area contributed by atoms with E-state index in [4.69, 9.17) is 0 Å². The summed E-state index contributed by atoms with van der Waals surface area (Å²) in [4.78, 5) is 12.7. The van der Waals surface area contributed by atoms with Crippen molar-refractivity contribution in [3.05, 3.63) is 18.2 Å². The van der Waals surface area contributed by atoms with Crippen LogP contribution < -0.4 is 10.0 Å². The highest BCUT2D eigenvalue weighted by atomic mass is 32.2. The summed E-state index contributed by atoms with van der Waals surface area (Å²) in [5.74, 6) is -0.446. The van der Waals surface area contributed by atoms with Crippen molar-refractivity contribution < 1.29 is 13.2 Å². The van der Waals surface area contributed by atoms with Gasteiger partial charge in [-0.15, -0.1) is 0 Å². The number of rotatable bonds is 6. The number of sulfonamides is 1. The highest BCUT2D eigenvalue weighted by Gasteiger charge is 2.31. The second-order valence-corrected chi connectivity index (χ2v) is 8.93. The topological polar surface area (TPSA) is 101 Å². The normalized spacial score (nSPS) is 17.2. The molecule has 3 rings (SSSR count). The second-order valence-electron chi connectivity index (χ2n) is 6.72. The maximum absolute atomic E-state index is 12.8. The first-order chi connectivity index (χ1) is 11.9. The van der Waals surface area contributed by atoms with Gasteiger partial charge in [0, 0.05) is 6.04 Å². The van der Waals surface area contributed by atoms with Gasteiger partial charge in [0.15, 0.2) is 0 Å². The van der Waals surface area contributed by atoms with Crippen LogP contribution in [0.25, 0.3) is 11.0 Å². The van der Waals surface area contributed by atoms with Crippen molar-refractivity contribution in [3.63, 3.8) is 0 Å². The van der Waals surface area contributed by atoms with Gasteiger partial charge in [-0.2, -0.15) is 13.5 Å². The van der Waals surface area contributed by atoms with Crippen LogP contribution in [0.1, 0.15) is 39.5 Å². The molecule has 2 N–H and O–H groups in total. The SMILES string of the molecule is CC(C)[C@@H](NS(=O)(=O)c1cccc2nsnc12)C(=O)NC1CCCC1. The fraction of sp³-hybridized carbons (Fsp3) is 0.562. The van der Waals surface area contributed by atoms with E-state index in [9.17, 15) is 13.2 Å². The Labute approximate surface area is 151 Å². The van der Waals surface area contributed by atoms with Gasteiger partial charge >= 0.3 is 0 Å². The molecule has 136 valence electrons. The molecule has 0 bridgehead atoms. The fourth-order valence-electron chi connectivity index (χ4n) is 3.08. The Morgan fingerprint density at radius 2 is 1.96 bits per heavy atom. The van der Waals surface area contributed by atoms with Crippen LogP contribution in [0.5, 0.6) is 0 Å². The van der Waals surface area contributed by atoms with Gasteiger partial charge < -0.3 is 5.32 Å². The summed E-state index contributed by atoms with van der Waals surface area (Å²) in [6.45, 7) is 3.65. The first kappa shape index (κ1) is 18.2. The van der Waals surface area contributed by atoms with Gasteiger partial charge in [-0.05, 0) is 30.9 Å². The van der Waals surface area contributed by atoms with E-state index >= 15 is 0 Å². The molecule has 1 aliphatic rings. The maximum atomic E-state index is 12.8. The summed E-state index contributed by atoms with van der Waals surface area (Å²) in [5, 5.41) is 2.97. The molecular weight excluding hydrogens is 360 g/mol. The summed E-state index contributed by atoms with van der Waals surface area (Å²) in [6, 6.07) is 4.14. The number of nitrogens with zero attached hydrogens (tertiary/aromatic N) is 2. The zero-order valence-electron chi connectivity index (χ0n) is 14.2. The maximum Gasteiger partial charge on any atom is 0.243 e. The van der Waals surface area contributed by atoms with E-state index in [-0.39, 0.29) is 22.8 Å². The van der Waals surface area contributed by atoms with Gasteiger partial charge in [0.1, 0.15) is 22.0 Å². The molecule has 0 aliphatic heterocycles. The molecule has 1 aromatic carbocycles. The van der Waals surface area contributed by atoms with Gasteiger partial charge in [-0.3, -0.25) is 4.79 Å². The minimum atomic E-state index is -3.89. The monoisotopic (exact) mass is 382 g/mol. The smallest absolute Gasteiger partial charge is 0.243 e. The Morgan fingerprint density at radius 1 is 1.24 bits per heavy atom. The third kappa shape index (κ3) is 3.99. The first-order valence-electron chi connectivity index (χ1n) is 8.42. The number of benzene rings is 1. The average Bonchev–Trinajstić information content (AvgIpc) is 3.22. The van der Waals surface area contributed by atoms with Crippen molar-refractivity contribution in [1.29, 1.82) is 0 Å². The van der Waals surface area contributed by atoms with E-state index < -0.39 is 16.1 Å². The van der Waals surface area contributed by atoms with Gasteiger partial charge in [-0.1, -0.05) is 32.8 Å². The number of carbonyl (C=O) groups excluding carboxylic acids is 1. The standard InChI is InChI=1S/C16H22N4O3S2/c1-10(2)14(16(21)17-11-6-3-4-7-11)20-25(22,23)13-9-5-8-12-15(13)19-24-18-12/h5,8-11,14,20H,3-4,6-7H2,1-2H3,(H,17,21)/t14-/m1/s1. The number of nitrogens with one attached hydrogen (secondary N) is 2. The lowest BCUT2D eigenvalue weighted by atomic mass is 10.0. The Kier molecular flexibility index (Phi) is 5.35. The molecule has 0 radical (unpaired) electrons. The minimum Gasteiger partial charge on any atom is -0.352 e. The van der Waals surface area contributed by atoms with E-state index in [1.54, 1.807) is 12.1 Å². The van der Waals surface area contributed by atoms with Crippen LogP contribution in [0.2, 0.25) is 0 Å². The largest absolute Gasteiger partial charge is 0.352 e.